The van der Waals surface area contributed by atoms with Gasteiger partial charge >= 0.3 is 0 Å². The number of rotatable bonds is 2. The number of aliphatic hydroxyl groups is 1. The van der Waals surface area contributed by atoms with Crippen molar-refractivity contribution in [2.24, 2.45) is 0 Å². The van der Waals surface area contributed by atoms with Crippen molar-refractivity contribution in [1.29, 1.82) is 0 Å². The van der Waals surface area contributed by atoms with Crippen LogP contribution in [0.2, 0.25) is 0 Å². The zero-order valence-electron chi connectivity index (χ0n) is 10.3. The third-order valence-electron chi connectivity index (χ3n) is 3.18. The van der Waals surface area contributed by atoms with Gasteiger partial charge in [-0.05, 0) is 42.5 Å². The topological polar surface area (TPSA) is 33.4 Å². The number of aliphatic hydroxyl groups excluding tert-OH is 1. The fraction of sp³-hybridized carbons (Fsp3) is 0.200. The van der Waals surface area contributed by atoms with Crippen LogP contribution in [-0.2, 0) is 0 Å². The van der Waals surface area contributed by atoms with E-state index in [1.807, 2.05) is 49.6 Å². The maximum absolute atomic E-state index is 10.4. The summed E-state index contributed by atoms with van der Waals surface area (Å²) < 4.78 is 5.80. The van der Waals surface area contributed by atoms with Crippen LogP contribution in [0.15, 0.2) is 40.1 Å². The number of thiophene rings is 1. The molecule has 1 aromatic carbocycles. The Kier molecular flexibility index (Phi) is 2.73. The predicted octanol–water partition coefficient (Wildman–Crippen LogP) is 4.19. The molecule has 1 atom stereocenters. The van der Waals surface area contributed by atoms with Gasteiger partial charge in [-0.3, -0.25) is 0 Å². The first-order valence-corrected chi connectivity index (χ1v) is 6.76. The maximum Gasteiger partial charge on any atom is 0.146 e. The first kappa shape index (κ1) is 11.5. The van der Waals surface area contributed by atoms with Crippen LogP contribution >= 0.6 is 11.3 Å². The Balaban J connectivity index is 2.10. The Hall–Kier alpha value is -1.58. The molecule has 3 aromatic rings. The van der Waals surface area contributed by atoms with E-state index >= 15 is 0 Å². The van der Waals surface area contributed by atoms with Crippen molar-refractivity contribution in [3.63, 3.8) is 0 Å². The highest BCUT2D eigenvalue weighted by molar-refractivity contribution is 7.10. The largest absolute Gasteiger partial charge is 0.458 e. The third kappa shape index (κ3) is 1.76. The third-order valence-corrected chi connectivity index (χ3v) is 4.25. The van der Waals surface area contributed by atoms with Gasteiger partial charge in [-0.2, -0.15) is 0 Å². The van der Waals surface area contributed by atoms with E-state index in [9.17, 15) is 5.11 Å². The first-order valence-electron chi connectivity index (χ1n) is 5.88. The fourth-order valence-electron chi connectivity index (χ4n) is 2.16. The Morgan fingerprint density at radius 1 is 1.17 bits per heavy atom. The van der Waals surface area contributed by atoms with E-state index in [1.165, 1.54) is 0 Å². The molecule has 0 aliphatic heterocycles. The Labute approximate surface area is 109 Å². The summed E-state index contributed by atoms with van der Waals surface area (Å²) in [4.78, 5) is 0.951. The van der Waals surface area contributed by atoms with E-state index in [-0.39, 0.29) is 0 Å². The van der Waals surface area contributed by atoms with Crippen LogP contribution in [0.1, 0.15) is 27.9 Å². The molecule has 3 heteroatoms. The van der Waals surface area contributed by atoms with Gasteiger partial charge < -0.3 is 9.52 Å². The fourth-order valence-corrected chi connectivity index (χ4v) is 3.08. The van der Waals surface area contributed by atoms with Crippen LogP contribution in [-0.4, -0.2) is 5.11 Å². The van der Waals surface area contributed by atoms with Crippen LogP contribution in [0.4, 0.5) is 0 Å². The number of aryl methyl sites for hydroxylation is 2. The van der Waals surface area contributed by atoms with Crippen LogP contribution in [0.3, 0.4) is 0 Å². The molecule has 1 N–H and O–H groups in total. The van der Waals surface area contributed by atoms with Gasteiger partial charge in [0.2, 0.25) is 0 Å². The maximum atomic E-state index is 10.4. The monoisotopic (exact) mass is 258 g/mol. The molecule has 92 valence electrons. The van der Waals surface area contributed by atoms with E-state index in [4.69, 9.17) is 4.42 Å². The summed E-state index contributed by atoms with van der Waals surface area (Å²) in [6.07, 6.45) is -0.670. The molecule has 0 radical (unpaired) electrons. The molecule has 2 heterocycles. The average Bonchev–Trinajstić information content (AvgIpc) is 2.95. The summed E-state index contributed by atoms with van der Waals surface area (Å²) in [6, 6.07) is 9.95. The highest BCUT2D eigenvalue weighted by atomic mass is 32.1. The molecule has 0 bridgehead atoms. The molecule has 0 amide bonds. The quantitative estimate of drug-likeness (QED) is 0.747. The van der Waals surface area contributed by atoms with Crippen molar-refractivity contribution in [2.45, 2.75) is 20.0 Å². The second kappa shape index (κ2) is 4.26. The van der Waals surface area contributed by atoms with Crippen LogP contribution in [0.25, 0.3) is 11.0 Å². The summed E-state index contributed by atoms with van der Waals surface area (Å²) >= 11 is 1.56. The smallest absolute Gasteiger partial charge is 0.146 e. The second-order valence-corrected chi connectivity index (χ2v) is 5.46. The van der Waals surface area contributed by atoms with Gasteiger partial charge in [-0.25, -0.2) is 0 Å². The van der Waals surface area contributed by atoms with E-state index < -0.39 is 6.10 Å². The van der Waals surface area contributed by atoms with Crippen LogP contribution in [0.5, 0.6) is 0 Å². The van der Waals surface area contributed by atoms with Crippen molar-refractivity contribution >= 4 is 22.3 Å². The number of benzene rings is 1. The van der Waals surface area contributed by atoms with Crippen molar-refractivity contribution in [3.8, 4) is 0 Å². The number of hydrogen-bond acceptors (Lipinski definition) is 3. The molecule has 2 aromatic heterocycles. The molecular formula is C15H14O2S. The number of hydrogen-bond donors (Lipinski definition) is 1. The molecule has 18 heavy (non-hydrogen) atoms. The zero-order valence-corrected chi connectivity index (χ0v) is 11.1. The van der Waals surface area contributed by atoms with Crippen LogP contribution in [0, 0.1) is 13.8 Å². The SMILES string of the molecule is Cc1ccsc1C(O)c1cc2cccc(C)c2o1. The average molecular weight is 258 g/mol. The minimum absolute atomic E-state index is 0.616. The normalized spacial score (nSPS) is 13.1. The Morgan fingerprint density at radius 3 is 2.67 bits per heavy atom. The molecule has 0 saturated heterocycles. The number of furan rings is 1. The molecular weight excluding hydrogens is 244 g/mol. The first-order chi connectivity index (χ1) is 8.66. The molecule has 0 spiro atoms. The van der Waals surface area contributed by atoms with Crippen molar-refractivity contribution in [2.75, 3.05) is 0 Å². The van der Waals surface area contributed by atoms with Gasteiger partial charge in [-0.15, -0.1) is 11.3 Å². The summed E-state index contributed by atoms with van der Waals surface area (Å²) in [5.41, 5.74) is 3.05. The van der Waals surface area contributed by atoms with Gasteiger partial charge in [-0.1, -0.05) is 18.2 Å². The molecule has 0 aliphatic carbocycles. The van der Waals surface area contributed by atoms with Crippen LogP contribution < -0.4 is 0 Å². The van der Waals surface area contributed by atoms with E-state index in [2.05, 4.69) is 0 Å². The minimum atomic E-state index is -0.670. The summed E-state index contributed by atoms with van der Waals surface area (Å²) in [7, 11) is 0. The molecule has 0 aliphatic rings. The molecule has 2 nitrogen and oxygen atoms in total. The van der Waals surface area contributed by atoms with Gasteiger partial charge in [0.05, 0.1) is 0 Å². The molecule has 1 unspecified atom stereocenters. The minimum Gasteiger partial charge on any atom is -0.458 e. The van der Waals surface area contributed by atoms with Gasteiger partial charge in [0.1, 0.15) is 17.4 Å². The second-order valence-electron chi connectivity index (χ2n) is 4.51. The molecule has 0 fully saturated rings. The number of fused-ring (bicyclic) bond motifs is 1. The van der Waals surface area contributed by atoms with Gasteiger partial charge in [0, 0.05) is 10.3 Å². The lowest BCUT2D eigenvalue weighted by Gasteiger charge is -2.06. The highest BCUT2D eigenvalue weighted by Crippen LogP contribution is 2.33. The lowest BCUT2D eigenvalue weighted by atomic mass is 10.1. The van der Waals surface area contributed by atoms with E-state index in [0.29, 0.717) is 5.76 Å². The lowest BCUT2D eigenvalue weighted by molar-refractivity contribution is 0.195. The van der Waals surface area contributed by atoms with Crippen molar-refractivity contribution in [3.05, 3.63) is 57.5 Å². The van der Waals surface area contributed by atoms with E-state index in [0.717, 1.165) is 27.0 Å². The molecule has 0 saturated carbocycles. The Morgan fingerprint density at radius 2 is 2.00 bits per heavy atom. The van der Waals surface area contributed by atoms with Crippen molar-refractivity contribution in [1.82, 2.24) is 0 Å². The standard InChI is InChI=1S/C15H14O2S/c1-9-4-3-5-11-8-12(17-14(9)11)13(16)15-10(2)6-7-18-15/h3-8,13,16H,1-2H3. The summed E-state index contributed by atoms with van der Waals surface area (Å²) in [5.74, 6) is 0.616. The zero-order chi connectivity index (χ0) is 12.7. The van der Waals surface area contributed by atoms with Crippen molar-refractivity contribution < 1.29 is 9.52 Å². The van der Waals surface area contributed by atoms with Gasteiger partial charge in [0.25, 0.3) is 0 Å². The molecule has 3 rings (SSSR count). The summed E-state index contributed by atoms with van der Waals surface area (Å²) in [5, 5.41) is 13.4. The lowest BCUT2D eigenvalue weighted by Crippen LogP contribution is -1.96. The Bertz CT molecular complexity index is 693. The highest BCUT2D eigenvalue weighted by Gasteiger charge is 2.18. The number of para-hydroxylation sites is 1. The summed E-state index contributed by atoms with van der Waals surface area (Å²) in [6.45, 7) is 4.02. The predicted molar refractivity (Wildman–Crippen MR) is 74.1 cm³/mol. The van der Waals surface area contributed by atoms with Gasteiger partial charge in [0.15, 0.2) is 0 Å². The van der Waals surface area contributed by atoms with E-state index in [1.54, 1.807) is 11.3 Å².